The highest BCUT2D eigenvalue weighted by atomic mass is 35.5. The Morgan fingerprint density at radius 3 is 2.62 bits per heavy atom. The smallest absolute Gasteiger partial charge is 0.407 e. The quantitative estimate of drug-likeness (QED) is 0.526. The molecule has 3 aromatic heterocycles. The number of amides is 1. The summed E-state index contributed by atoms with van der Waals surface area (Å²) in [6, 6.07) is 3.34. The highest BCUT2D eigenvalue weighted by molar-refractivity contribution is 6.41. The number of pyridine rings is 2. The van der Waals surface area contributed by atoms with E-state index < -0.39 is 11.8 Å². The molecule has 1 fully saturated rings. The van der Waals surface area contributed by atoms with Crippen LogP contribution in [0.15, 0.2) is 23.1 Å². The number of aromatic nitrogens is 4. The molecule has 1 saturated heterocycles. The highest BCUT2D eigenvalue weighted by Gasteiger charge is 2.30. The zero-order valence-electron chi connectivity index (χ0n) is 19.4. The summed E-state index contributed by atoms with van der Waals surface area (Å²) in [5.41, 5.74) is 2.18. The summed E-state index contributed by atoms with van der Waals surface area (Å²) < 4.78 is 1.47. The molecule has 0 spiro atoms. The van der Waals surface area contributed by atoms with Gasteiger partial charge in [0, 0.05) is 31.9 Å². The van der Waals surface area contributed by atoms with E-state index in [0.29, 0.717) is 42.0 Å². The third kappa shape index (κ3) is 4.18. The van der Waals surface area contributed by atoms with E-state index in [1.807, 2.05) is 38.7 Å². The molecule has 1 atom stereocenters. The van der Waals surface area contributed by atoms with Gasteiger partial charge < -0.3 is 14.9 Å². The molecule has 0 bridgehead atoms. The minimum atomic E-state index is -0.971. The van der Waals surface area contributed by atoms with Gasteiger partial charge in [0.15, 0.2) is 5.65 Å². The van der Waals surface area contributed by atoms with Crippen molar-refractivity contribution in [2.75, 3.05) is 24.5 Å². The van der Waals surface area contributed by atoms with Crippen LogP contribution in [0.4, 0.5) is 10.6 Å². The first kappa shape index (κ1) is 24.2. The van der Waals surface area contributed by atoms with Crippen LogP contribution in [0.25, 0.3) is 16.7 Å². The number of hydrogen-bond donors (Lipinski definition) is 1. The van der Waals surface area contributed by atoms with Crippen molar-refractivity contribution in [1.29, 1.82) is 0 Å². The Morgan fingerprint density at radius 1 is 1.26 bits per heavy atom. The lowest BCUT2D eigenvalue weighted by Crippen LogP contribution is -2.54. The number of carboxylic acid groups (broad SMARTS) is 1. The number of fused-ring (bicyclic) bond motifs is 1. The predicted octanol–water partition coefficient (Wildman–Crippen LogP) is 4.36. The number of rotatable bonds is 4. The second-order valence-electron chi connectivity index (χ2n) is 8.67. The van der Waals surface area contributed by atoms with Crippen molar-refractivity contribution in [3.63, 3.8) is 0 Å². The minimum Gasteiger partial charge on any atom is -0.465 e. The van der Waals surface area contributed by atoms with Crippen LogP contribution in [0.3, 0.4) is 0 Å². The predicted molar refractivity (Wildman–Crippen MR) is 133 cm³/mol. The lowest BCUT2D eigenvalue weighted by Gasteiger charge is -2.39. The summed E-state index contributed by atoms with van der Waals surface area (Å²) in [5.74, 6) is 0.461. The van der Waals surface area contributed by atoms with E-state index in [9.17, 15) is 14.7 Å². The van der Waals surface area contributed by atoms with Gasteiger partial charge in [-0.1, -0.05) is 44.0 Å². The Hall–Kier alpha value is -2.91. The molecule has 9 nitrogen and oxygen atoms in total. The third-order valence-corrected chi connectivity index (χ3v) is 6.79. The maximum atomic E-state index is 13.6. The van der Waals surface area contributed by atoms with E-state index in [1.165, 1.54) is 9.47 Å². The first-order chi connectivity index (χ1) is 16.1. The Bertz CT molecular complexity index is 1330. The molecule has 34 heavy (non-hydrogen) atoms. The van der Waals surface area contributed by atoms with Gasteiger partial charge in [0.05, 0.1) is 21.8 Å². The first-order valence-electron chi connectivity index (χ1n) is 11.1. The monoisotopic (exact) mass is 504 g/mol. The van der Waals surface area contributed by atoms with Crippen LogP contribution in [0.5, 0.6) is 0 Å². The normalized spacial score (nSPS) is 16.5. The largest absolute Gasteiger partial charge is 0.465 e. The fraction of sp³-hybridized carbons (Fsp3) is 0.435. The van der Waals surface area contributed by atoms with Gasteiger partial charge in [-0.3, -0.25) is 4.98 Å². The van der Waals surface area contributed by atoms with Crippen molar-refractivity contribution in [3.8, 4) is 5.69 Å². The van der Waals surface area contributed by atoms with Crippen LogP contribution in [0.1, 0.15) is 44.9 Å². The van der Waals surface area contributed by atoms with Gasteiger partial charge in [-0.15, -0.1) is 0 Å². The van der Waals surface area contributed by atoms with E-state index >= 15 is 0 Å². The van der Waals surface area contributed by atoms with E-state index in [0.717, 1.165) is 11.3 Å². The second kappa shape index (κ2) is 9.38. The van der Waals surface area contributed by atoms with Crippen molar-refractivity contribution >= 4 is 46.1 Å². The molecular formula is C23H26Cl2N6O3. The maximum Gasteiger partial charge on any atom is 0.407 e. The molecule has 0 radical (unpaired) electrons. The topological polar surface area (TPSA) is 104 Å². The SMILES string of the molecule is CCc1ccnc(C(C)C)c1-n1c(=O)nc(N2CCN(C(=O)O)C[C@@H]2C)c2cc(Cl)c(Cl)nc21. The summed E-state index contributed by atoms with van der Waals surface area (Å²) in [4.78, 5) is 41.8. The number of hydrogen-bond acceptors (Lipinski definition) is 6. The van der Waals surface area contributed by atoms with Crippen molar-refractivity contribution < 1.29 is 9.90 Å². The summed E-state index contributed by atoms with van der Waals surface area (Å²) in [6.45, 7) is 8.90. The number of anilines is 1. The summed E-state index contributed by atoms with van der Waals surface area (Å²) in [5, 5.41) is 10.2. The first-order valence-corrected chi connectivity index (χ1v) is 11.9. The fourth-order valence-electron chi connectivity index (χ4n) is 4.43. The molecule has 0 unspecified atom stereocenters. The van der Waals surface area contributed by atoms with Gasteiger partial charge in [0.2, 0.25) is 0 Å². The van der Waals surface area contributed by atoms with Crippen LogP contribution in [-0.4, -0.2) is 61.3 Å². The van der Waals surface area contributed by atoms with Crippen molar-refractivity contribution in [3.05, 3.63) is 50.2 Å². The van der Waals surface area contributed by atoms with E-state index in [1.54, 1.807) is 12.3 Å². The molecule has 1 aliphatic rings. The number of nitrogens with zero attached hydrogens (tertiary/aromatic N) is 6. The van der Waals surface area contributed by atoms with Crippen molar-refractivity contribution in [2.45, 2.75) is 46.1 Å². The molecule has 1 aliphatic heterocycles. The van der Waals surface area contributed by atoms with Crippen molar-refractivity contribution in [1.82, 2.24) is 24.4 Å². The van der Waals surface area contributed by atoms with Gasteiger partial charge >= 0.3 is 11.8 Å². The van der Waals surface area contributed by atoms with E-state index in [-0.39, 0.29) is 28.7 Å². The molecule has 4 heterocycles. The lowest BCUT2D eigenvalue weighted by atomic mass is 10.0. The molecule has 0 aromatic carbocycles. The molecule has 1 amide bonds. The van der Waals surface area contributed by atoms with Crippen LogP contribution in [0, 0.1) is 0 Å². The van der Waals surface area contributed by atoms with Gasteiger partial charge in [0.1, 0.15) is 11.0 Å². The number of halogens is 2. The number of piperazine rings is 1. The molecule has 1 N–H and O–H groups in total. The minimum absolute atomic E-state index is 0.0509. The third-order valence-electron chi connectivity index (χ3n) is 6.12. The Kier molecular flexibility index (Phi) is 6.69. The summed E-state index contributed by atoms with van der Waals surface area (Å²) in [6.07, 6.45) is 1.46. The molecule has 180 valence electrons. The summed E-state index contributed by atoms with van der Waals surface area (Å²) in [7, 11) is 0. The molecular weight excluding hydrogens is 479 g/mol. The van der Waals surface area contributed by atoms with Crippen LogP contribution < -0.4 is 10.6 Å². The summed E-state index contributed by atoms with van der Waals surface area (Å²) >= 11 is 12.7. The average molecular weight is 505 g/mol. The molecule has 11 heteroatoms. The lowest BCUT2D eigenvalue weighted by molar-refractivity contribution is 0.136. The second-order valence-corrected chi connectivity index (χ2v) is 9.43. The van der Waals surface area contributed by atoms with Gasteiger partial charge in [-0.25, -0.2) is 19.1 Å². The Morgan fingerprint density at radius 2 is 2.00 bits per heavy atom. The molecule has 0 saturated carbocycles. The van der Waals surface area contributed by atoms with E-state index in [4.69, 9.17) is 23.2 Å². The fourth-order valence-corrected chi connectivity index (χ4v) is 4.71. The Labute approximate surface area is 207 Å². The van der Waals surface area contributed by atoms with Crippen molar-refractivity contribution in [2.24, 2.45) is 0 Å². The van der Waals surface area contributed by atoms with Gasteiger partial charge in [0.25, 0.3) is 0 Å². The zero-order chi connectivity index (χ0) is 24.7. The number of carbonyl (C=O) groups is 1. The standard InChI is InChI=1S/C23H26Cl2N6O3/c1-5-14-6-7-26-17(12(2)3)18(14)31-21-15(10-16(24)19(25)27-21)20(28-22(31)32)30-9-8-29(23(33)34)11-13(30)4/h6-7,10,12-13H,5,8-9,11H2,1-4H3,(H,33,34)/t13-/m0/s1. The average Bonchev–Trinajstić information content (AvgIpc) is 2.79. The highest BCUT2D eigenvalue weighted by Crippen LogP contribution is 2.33. The molecule has 0 aliphatic carbocycles. The number of aryl methyl sites for hydroxylation is 1. The van der Waals surface area contributed by atoms with Crippen LogP contribution >= 0.6 is 23.2 Å². The molecule has 3 aromatic rings. The zero-order valence-corrected chi connectivity index (χ0v) is 20.9. The maximum absolute atomic E-state index is 13.6. The van der Waals surface area contributed by atoms with Crippen LogP contribution in [-0.2, 0) is 6.42 Å². The Balaban J connectivity index is 2.01. The van der Waals surface area contributed by atoms with E-state index in [2.05, 4.69) is 15.0 Å². The molecule has 4 rings (SSSR count). The van der Waals surface area contributed by atoms with Crippen LogP contribution in [0.2, 0.25) is 10.2 Å². The van der Waals surface area contributed by atoms with Gasteiger partial charge in [-0.05, 0) is 37.0 Å². The van der Waals surface area contributed by atoms with Gasteiger partial charge in [-0.2, -0.15) is 4.98 Å².